The van der Waals surface area contributed by atoms with Crippen molar-refractivity contribution in [1.82, 2.24) is 10.2 Å². The van der Waals surface area contributed by atoms with Crippen molar-refractivity contribution >= 4 is 39.8 Å². The number of carbonyl (C=O) groups excluding carboxylic acids is 1. The van der Waals surface area contributed by atoms with E-state index < -0.39 is 6.61 Å². The quantitative estimate of drug-likeness (QED) is 0.606. The summed E-state index contributed by atoms with van der Waals surface area (Å²) in [5.74, 6) is -0.0313. The predicted octanol–water partition coefficient (Wildman–Crippen LogP) is 3.46. The first kappa shape index (κ1) is 19.8. The van der Waals surface area contributed by atoms with Crippen LogP contribution in [0.25, 0.3) is 0 Å². The standard InChI is InChI=1S/C16H18F2N4O3S2/c17-14(18)25-11-5-3-10(4-6-11)20-13(23)9-26-16-22-21-15(27-16)19-8-12-2-1-7-24-12/h3-6,12,14H,1-2,7-9H2,(H,19,21)(H,20,23). The van der Waals surface area contributed by atoms with Crippen LogP contribution in [0.4, 0.5) is 19.6 Å². The zero-order valence-corrected chi connectivity index (χ0v) is 15.8. The van der Waals surface area contributed by atoms with Gasteiger partial charge in [-0.2, -0.15) is 8.78 Å². The molecule has 2 N–H and O–H groups in total. The van der Waals surface area contributed by atoms with Crippen LogP contribution in [0.15, 0.2) is 28.6 Å². The zero-order valence-electron chi connectivity index (χ0n) is 14.2. The average molecular weight is 416 g/mol. The molecule has 1 aromatic carbocycles. The van der Waals surface area contributed by atoms with Crippen LogP contribution in [-0.4, -0.2) is 47.7 Å². The van der Waals surface area contributed by atoms with Gasteiger partial charge < -0.3 is 20.1 Å². The van der Waals surface area contributed by atoms with Crippen LogP contribution in [0, 0.1) is 0 Å². The molecule has 3 rings (SSSR count). The van der Waals surface area contributed by atoms with Crippen LogP contribution in [0.3, 0.4) is 0 Å². The minimum absolute atomic E-state index is 0.0364. The molecule has 27 heavy (non-hydrogen) atoms. The average Bonchev–Trinajstić information content (AvgIpc) is 3.31. The first-order valence-corrected chi connectivity index (χ1v) is 10.1. The maximum Gasteiger partial charge on any atom is 0.387 e. The van der Waals surface area contributed by atoms with Crippen LogP contribution in [-0.2, 0) is 9.53 Å². The van der Waals surface area contributed by atoms with Crippen molar-refractivity contribution in [3.8, 4) is 5.75 Å². The highest BCUT2D eigenvalue weighted by Gasteiger charge is 2.16. The topological polar surface area (TPSA) is 85.4 Å². The van der Waals surface area contributed by atoms with Crippen molar-refractivity contribution in [2.75, 3.05) is 29.5 Å². The Labute approximate surface area is 162 Å². The van der Waals surface area contributed by atoms with Crippen molar-refractivity contribution in [1.29, 1.82) is 0 Å². The molecule has 0 aliphatic carbocycles. The van der Waals surface area contributed by atoms with E-state index in [1.54, 1.807) is 0 Å². The molecule has 1 unspecified atom stereocenters. The van der Waals surface area contributed by atoms with Crippen LogP contribution < -0.4 is 15.4 Å². The van der Waals surface area contributed by atoms with E-state index in [0.717, 1.165) is 19.4 Å². The molecule has 1 amide bonds. The van der Waals surface area contributed by atoms with E-state index in [9.17, 15) is 13.6 Å². The Balaban J connectivity index is 1.39. The van der Waals surface area contributed by atoms with E-state index >= 15 is 0 Å². The van der Waals surface area contributed by atoms with Crippen LogP contribution in [0.5, 0.6) is 5.75 Å². The van der Waals surface area contributed by atoms with Gasteiger partial charge in [0.1, 0.15) is 5.75 Å². The Hall–Kier alpha value is -1.98. The summed E-state index contributed by atoms with van der Waals surface area (Å²) in [5, 5.41) is 14.7. The molecule has 11 heteroatoms. The third-order valence-corrected chi connectivity index (χ3v) is 5.62. The fourth-order valence-corrected chi connectivity index (χ4v) is 3.95. The number of alkyl halides is 2. The molecule has 1 aliphatic heterocycles. The fourth-order valence-electron chi connectivity index (χ4n) is 2.39. The number of anilines is 2. The number of hydrogen-bond donors (Lipinski definition) is 2. The van der Waals surface area contributed by atoms with Crippen molar-refractivity contribution in [2.45, 2.75) is 29.9 Å². The number of carbonyl (C=O) groups is 1. The molecule has 0 spiro atoms. The van der Waals surface area contributed by atoms with Gasteiger partial charge in [-0.15, -0.1) is 10.2 Å². The number of aromatic nitrogens is 2. The van der Waals surface area contributed by atoms with Crippen LogP contribution >= 0.6 is 23.1 Å². The second kappa shape index (κ2) is 9.81. The number of nitrogens with one attached hydrogen (secondary N) is 2. The molecule has 1 aliphatic rings. The number of hydrogen-bond acceptors (Lipinski definition) is 8. The second-order valence-electron chi connectivity index (χ2n) is 5.63. The van der Waals surface area contributed by atoms with Gasteiger partial charge in [-0.25, -0.2) is 0 Å². The van der Waals surface area contributed by atoms with Gasteiger partial charge in [0.2, 0.25) is 11.0 Å². The van der Waals surface area contributed by atoms with Gasteiger partial charge >= 0.3 is 6.61 Å². The van der Waals surface area contributed by atoms with E-state index in [1.807, 2.05) is 0 Å². The lowest BCUT2D eigenvalue weighted by atomic mass is 10.2. The molecule has 2 heterocycles. The highest BCUT2D eigenvalue weighted by Crippen LogP contribution is 2.26. The smallest absolute Gasteiger partial charge is 0.387 e. The molecule has 2 aromatic rings. The minimum atomic E-state index is -2.88. The molecular weight excluding hydrogens is 398 g/mol. The zero-order chi connectivity index (χ0) is 19.1. The summed E-state index contributed by atoms with van der Waals surface area (Å²) in [6, 6.07) is 5.73. The number of ether oxygens (including phenoxy) is 2. The maximum absolute atomic E-state index is 12.1. The van der Waals surface area contributed by atoms with Crippen molar-refractivity contribution < 1.29 is 23.0 Å². The highest BCUT2D eigenvalue weighted by molar-refractivity contribution is 8.01. The molecule has 0 radical (unpaired) electrons. The molecule has 0 saturated carbocycles. The van der Waals surface area contributed by atoms with E-state index in [-0.39, 0.29) is 23.5 Å². The van der Waals surface area contributed by atoms with Gasteiger partial charge in [0, 0.05) is 18.8 Å². The lowest BCUT2D eigenvalue weighted by Crippen LogP contribution is -2.18. The number of rotatable bonds is 9. The number of halogens is 2. The molecule has 0 bridgehead atoms. The van der Waals surface area contributed by atoms with Gasteiger partial charge in [-0.1, -0.05) is 23.1 Å². The summed E-state index contributed by atoms with van der Waals surface area (Å²) >= 11 is 2.65. The Kier molecular flexibility index (Phi) is 7.18. The van der Waals surface area contributed by atoms with Gasteiger partial charge in [0.25, 0.3) is 0 Å². The summed E-state index contributed by atoms with van der Waals surface area (Å²) in [5.41, 5.74) is 0.499. The number of benzene rings is 1. The lowest BCUT2D eigenvalue weighted by Gasteiger charge is -2.08. The molecule has 1 aromatic heterocycles. The molecular formula is C16H18F2N4O3S2. The molecule has 7 nitrogen and oxygen atoms in total. The predicted molar refractivity (Wildman–Crippen MR) is 99.8 cm³/mol. The Morgan fingerprint density at radius 1 is 1.37 bits per heavy atom. The van der Waals surface area contributed by atoms with E-state index in [0.29, 0.717) is 21.7 Å². The number of nitrogens with zero attached hydrogens (tertiary/aromatic N) is 2. The maximum atomic E-state index is 12.1. The lowest BCUT2D eigenvalue weighted by molar-refractivity contribution is -0.113. The van der Waals surface area contributed by atoms with Crippen molar-refractivity contribution in [3.63, 3.8) is 0 Å². The third-order valence-electron chi connectivity index (χ3n) is 3.60. The molecule has 1 saturated heterocycles. The second-order valence-corrected chi connectivity index (χ2v) is 7.83. The van der Waals surface area contributed by atoms with E-state index in [1.165, 1.54) is 47.4 Å². The normalized spacial score (nSPS) is 16.5. The van der Waals surface area contributed by atoms with Crippen molar-refractivity contribution in [2.24, 2.45) is 0 Å². The first-order chi connectivity index (χ1) is 13.1. The van der Waals surface area contributed by atoms with Crippen LogP contribution in [0.2, 0.25) is 0 Å². The highest BCUT2D eigenvalue weighted by atomic mass is 32.2. The summed E-state index contributed by atoms with van der Waals surface area (Å²) in [6.07, 6.45) is 2.34. The molecule has 146 valence electrons. The SMILES string of the molecule is O=C(CSc1nnc(NCC2CCCO2)s1)Nc1ccc(OC(F)F)cc1. The Morgan fingerprint density at radius 2 is 2.19 bits per heavy atom. The summed E-state index contributed by atoms with van der Waals surface area (Å²) in [6.45, 7) is -1.37. The summed E-state index contributed by atoms with van der Waals surface area (Å²) < 4.78 is 34.7. The van der Waals surface area contributed by atoms with E-state index in [2.05, 4.69) is 25.6 Å². The van der Waals surface area contributed by atoms with Gasteiger partial charge in [-0.05, 0) is 37.1 Å². The monoisotopic (exact) mass is 416 g/mol. The van der Waals surface area contributed by atoms with Crippen LogP contribution in [0.1, 0.15) is 12.8 Å². The van der Waals surface area contributed by atoms with Gasteiger partial charge in [0.05, 0.1) is 11.9 Å². The summed E-state index contributed by atoms with van der Waals surface area (Å²) in [7, 11) is 0. The Morgan fingerprint density at radius 3 is 2.89 bits per heavy atom. The third kappa shape index (κ3) is 6.60. The summed E-state index contributed by atoms with van der Waals surface area (Å²) in [4.78, 5) is 12.0. The Bertz CT molecular complexity index is 740. The first-order valence-electron chi connectivity index (χ1n) is 8.25. The number of amides is 1. The molecule has 1 fully saturated rings. The largest absolute Gasteiger partial charge is 0.435 e. The van der Waals surface area contributed by atoms with Gasteiger partial charge in [-0.3, -0.25) is 4.79 Å². The van der Waals surface area contributed by atoms with Gasteiger partial charge in [0.15, 0.2) is 4.34 Å². The van der Waals surface area contributed by atoms with E-state index in [4.69, 9.17) is 4.74 Å². The van der Waals surface area contributed by atoms with Crippen molar-refractivity contribution in [3.05, 3.63) is 24.3 Å². The number of thioether (sulfide) groups is 1. The molecule has 1 atom stereocenters. The minimum Gasteiger partial charge on any atom is -0.435 e. The fraction of sp³-hybridized carbons (Fsp3) is 0.438.